The molecule has 0 unspecified atom stereocenters. The molecular formula is C26H22N2O. The highest BCUT2D eigenvalue weighted by molar-refractivity contribution is 6.08. The Hall–Kier alpha value is -3.46. The zero-order valence-corrected chi connectivity index (χ0v) is 16.7. The summed E-state index contributed by atoms with van der Waals surface area (Å²) in [4.78, 5) is 9.33. The third kappa shape index (κ3) is 2.90. The van der Waals surface area contributed by atoms with Crippen molar-refractivity contribution in [2.75, 3.05) is 0 Å². The van der Waals surface area contributed by atoms with Crippen LogP contribution in [0.25, 0.3) is 44.6 Å². The molecule has 0 atom stereocenters. The number of pyridine rings is 2. The number of fused-ring (bicyclic) bond motifs is 3. The molecule has 5 rings (SSSR count). The third-order valence-electron chi connectivity index (χ3n) is 5.43. The first-order valence-electron chi connectivity index (χ1n) is 10.7. The average Bonchev–Trinajstić information content (AvgIpc) is 3.11. The van der Waals surface area contributed by atoms with E-state index >= 15 is 0 Å². The molecule has 0 bridgehead atoms. The fourth-order valence-corrected chi connectivity index (χ4v) is 3.97. The number of furan rings is 1. The molecule has 0 amide bonds. The number of hydrogen-bond acceptors (Lipinski definition) is 3. The summed E-state index contributed by atoms with van der Waals surface area (Å²) >= 11 is 0. The van der Waals surface area contributed by atoms with Crippen molar-refractivity contribution < 1.29 is 7.16 Å². The van der Waals surface area contributed by atoms with Crippen molar-refractivity contribution in [1.82, 2.24) is 9.97 Å². The monoisotopic (exact) mass is 380 g/mol. The molecule has 3 nitrogen and oxygen atoms in total. The van der Waals surface area contributed by atoms with Crippen LogP contribution in [0.1, 0.15) is 26.4 Å². The maximum Gasteiger partial charge on any atom is 0.227 e. The topological polar surface area (TPSA) is 38.9 Å². The zero-order chi connectivity index (χ0) is 21.8. The van der Waals surface area contributed by atoms with Gasteiger partial charge >= 0.3 is 0 Å². The molecular weight excluding hydrogens is 356 g/mol. The van der Waals surface area contributed by atoms with Gasteiger partial charge in [0, 0.05) is 30.8 Å². The smallest absolute Gasteiger partial charge is 0.227 e. The van der Waals surface area contributed by atoms with E-state index in [2.05, 4.69) is 43.1 Å². The Bertz CT molecular complexity index is 1430. The molecule has 29 heavy (non-hydrogen) atoms. The minimum atomic E-state index is -1.44. The Morgan fingerprint density at radius 1 is 0.897 bits per heavy atom. The van der Waals surface area contributed by atoms with E-state index in [1.54, 1.807) is 25.3 Å². The van der Waals surface area contributed by atoms with Crippen LogP contribution in [0.5, 0.6) is 0 Å². The van der Waals surface area contributed by atoms with E-state index in [1.165, 1.54) is 11.1 Å². The number of aromatic nitrogens is 2. The maximum atomic E-state index is 8.03. The van der Waals surface area contributed by atoms with Crippen molar-refractivity contribution in [1.29, 1.82) is 0 Å². The number of aryl methyl sites for hydroxylation is 3. The first-order chi connectivity index (χ1) is 14.8. The van der Waals surface area contributed by atoms with Gasteiger partial charge in [-0.2, -0.15) is 0 Å². The predicted octanol–water partition coefficient (Wildman–Crippen LogP) is 6.89. The highest BCUT2D eigenvalue weighted by Crippen LogP contribution is 2.36. The Labute approximate surface area is 172 Å². The van der Waals surface area contributed by atoms with Crippen LogP contribution in [-0.4, -0.2) is 9.97 Å². The lowest BCUT2D eigenvalue weighted by molar-refractivity contribution is 0.655. The fraction of sp³-hybridized carbons (Fsp3) is 0.154. The summed E-state index contributed by atoms with van der Waals surface area (Å²) in [6.45, 7) is 5.73. The van der Waals surface area contributed by atoms with Crippen molar-refractivity contribution >= 4 is 22.1 Å². The van der Waals surface area contributed by atoms with Gasteiger partial charge in [0.25, 0.3) is 0 Å². The van der Waals surface area contributed by atoms with Crippen LogP contribution in [0.15, 0.2) is 71.3 Å². The van der Waals surface area contributed by atoms with Crippen molar-refractivity contribution in [2.45, 2.75) is 27.1 Å². The van der Waals surface area contributed by atoms with Gasteiger partial charge in [0.15, 0.2) is 0 Å². The Balaban J connectivity index is 1.71. The predicted molar refractivity (Wildman–Crippen MR) is 119 cm³/mol. The summed E-state index contributed by atoms with van der Waals surface area (Å²) in [5.41, 5.74) is 7.78. The number of hydrogen-bond donors (Lipinski definition) is 0. The molecule has 0 spiro atoms. The van der Waals surface area contributed by atoms with Gasteiger partial charge in [0.1, 0.15) is 5.58 Å². The highest BCUT2D eigenvalue weighted by Gasteiger charge is 2.16. The normalized spacial score (nSPS) is 12.9. The lowest BCUT2D eigenvalue weighted by atomic mass is 9.99. The summed E-state index contributed by atoms with van der Waals surface area (Å²) in [6, 6.07) is 19.8. The minimum Gasteiger partial charge on any atom is -0.437 e. The van der Waals surface area contributed by atoms with Gasteiger partial charge in [-0.15, -0.1) is 0 Å². The molecule has 5 aromatic rings. The highest BCUT2D eigenvalue weighted by atomic mass is 16.3. The van der Waals surface area contributed by atoms with Gasteiger partial charge in [-0.05, 0) is 67.2 Å². The van der Waals surface area contributed by atoms with Crippen molar-refractivity contribution in [2.24, 2.45) is 0 Å². The Morgan fingerprint density at radius 3 is 2.48 bits per heavy atom. The SMILES string of the molecule is [2H]C([2H])(C)c1ccnc(-c2cccc3c2oc2nc(-c4c(C)cccc4C)ccc23)c1. The molecule has 0 radical (unpaired) electrons. The number of benzene rings is 2. The quantitative estimate of drug-likeness (QED) is 0.342. The summed E-state index contributed by atoms with van der Waals surface area (Å²) in [5, 5.41) is 1.92. The Morgan fingerprint density at radius 2 is 1.69 bits per heavy atom. The zero-order valence-electron chi connectivity index (χ0n) is 18.7. The second-order valence-electron chi connectivity index (χ2n) is 7.28. The van der Waals surface area contributed by atoms with Gasteiger partial charge in [-0.25, -0.2) is 4.98 Å². The number of rotatable bonds is 3. The van der Waals surface area contributed by atoms with Crippen LogP contribution in [0.3, 0.4) is 0 Å². The minimum absolute atomic E-state index is 0.584. The van der Waals surface area contributed by atoms with Crippen LogP contribution in [-0.2, 0) is 6.37 Å². The van der Waals surface area contributed by atoms with E-state index in [1.807, 2.05) is 24.3 Å². The average molecular weight is 380 g/mol. The summed E-state index contributed by atoms with van der Waals surface area (Å²) in [7, 11) is 0. The van der Waals surface area contributed by atoms with Crippen LogP contribution < -0.4 is 0 Å². The lowest BCUT2D eigenvalue weighted by Crippen LogP contribution is -1.90. The van der Waals surface area contributed by atoms with E-state index in [9.17, 15) is 0 Å². The molecule has 0 saturated heterocycles. The second-order valence-corrected chi connectivity index (χ2v) is 7.28. The van der Waals surface area contributed by atoms with Crippen LogP contribution >= 0.6 is 0 Å². The summed E-state index contributed by atoms with van der Waals surface area (Å²) < 4.78 is 22.3. The van der Waals surface area contributed by atoms with E-state index in [-0.39, 0.29) is 0 Å². The lowest BCUT2D eigenvalue weighted by Gasteiger charge is -2.08. The first kappa shape index (κ1) is 15.5. The summed E-state index contributed by atoms with van der Waals surface area (Å²) in [6.07, 6.45) is 0.201. The number of para-hydroxylation sites is 1. The van der Waals surface area contributed by atoms with Gasteiger partial charge in [-0.3, -0.25) is 4.98 Å². The molecule has 142 valence electrons. The standard InChI is InChI=1S/C26H22N2O/c1-4-18-13-14-27-23(15-18)21-10-6-9-19-20-11-12-22(28-26(20)29-25(19)21)24-16(2)7-5-8-17(24)3/h5-15H,4H2,1-3H3/i4D2. The molecule has 0 fully saturated rings. The van der Waals surface area contributed by atoms with Crippen molar-refractivity contribution in [3.8, 4) is 22.5 Å². The van der Waals surface area contributed by atoms with E-state index in [4.69, 9.17) is 12.1 Å². The molecule has 3 aromatic heterocycles. The molecule has 3 heteroatoms. The maximum absolute atomic E-state index is 8.03. The van der Waals surface area contributed by atoms with E-state index < -0.39 is 6.37 Å². The van der Waals surface area contributed by atoms with E-state index in [0.29, 0.717) is 22.6 Å². The first-order valence-corrected chi connectivity index (χ1v) is 9.69. The molecule has 2 aromatic carbocycles. The van der Waals surface area contributed by atoms with Gasteiger partial charge < -0.3 is 4.42 Å². The third-order valence-corrected chi connectivity index (χ3v) is 5.43. The van der Waals surface area contributed by atoms with Gasteiger partial charge in [-0.1, -0.05) is 37.3 Å². The van der Waals surface area contributed by atoms with Crippen molar-refractivity contribution in [3.63, 3.8) is 0 Å². The van der Waals surface area contributed by atoms with Crippen LogP contribution in [0, 0.1) is 13.8 Å². The molecule has 0 aliphatic rings. The van der Waals surface area contributed by atoms with Crippen molar-refractivity contribution in [3.05, 3.63) is 83.6 Å². The van der Waals surface area contributed by atoms with Gasteiger partial charge in [0.2, 0.25) is 5.71 Å². The van der Waals surface area contributed by atoms with E-state index in [0.717, 1.165) is 27.6 Å². The van der Waals surface area contributed by atoms with Crippen LogP contribution in [0.2, 0.25) is 0 Å². The molecule has 0 aliphatic heterocycles. The molecule has 0 saturated carbocycles. The molecule has 0 aliphatic carbocycles. The fourth-order valence-electron chi connectivity index (χ4n) is 3.97. The molecule has 0 N–H and O–H groups in total. The largest absolute Gasteiger partial charge is 0.437 e. The molecule has 3 heterocycles. The van der Waals surface area contributed by atoms with Crippen LogP contribution in [0.4, 0.5) is 0 Å². The van der Waals surface area contributed by atoms with Gasteiger partial charge in [0.05, 0.1) is 11.4 Å². The second kappa shape index (κ2) is 6.85. The summed E-state index contributed by atoms with van der Waals surface area (Å²) in [5.74, 6) is 0. The number of nitrogens with zero attached hydrogens (tertiary/aromatic N) is 2. The Kier molecular flexibility index (Phi) is 3.65.